The molecule has 3 heterocycles. The van der Waals surface area contributed by atoms with Crippen molar-refractivity contribution < 1.29 is 23.8 Å². The summed E-state index contributed by atoms with van der Waals surface area (Å²) in [6.45, 7) is 0. The minimum absolute atomic E-state index is 0.00593. The number of rotatable bonds is 4. The SMILES string of the molecule is COc1ccc(C(O)=C2C(=O)C(=O)N(c3nccs3)C2c2cccnc2)cc1F. The molecule has 0 saturated carbocycles. The first-order chi connectivity index (χ1) is 14.0. The molecule has 3 aromatic rings. The number of thiazole rings is 1. The molecule has 1 amide bonds. The summed E-state index contributed by atoms with van der Waals surface area (Å²) < 4.78 is 19.0. The van der Waals surface area contributed by atoms with Crippen LogP contribution in [0.5, 0.6) is 5.75 Å². The molecule has 1 saturated heterocycles. The molecule has 9 heteroatoms. The van der Waals surface area contributed by atoms with Crippen molar-refractivity contribution in [1.29, 1.82) is 0 Å². The van der Waals surface area contributed by atoms with E-state index in [0.717, 1.165) is 6.07 Å². The van der Waals surface area contributed by atoms with E-state index in [0.29, 0.717) is 10.7 Å². The smallest absolute Gasteiger partial charge is 0.301 e. The normalized spacial score (nSPS) is 18.3. The summed E-state index contributed by atoms with van der Waals surface area (Å²) in [7, 11) is 1.32. The van der Waals surface area contributed by atoms with Gasteiger partial charge in [0.2, 0.25) is 0 Å². The topological polar surface area (TPSA) is 92.6 Å². The van der Waals surface area contributed by atoms with E-state index in [9.17, 15) is 19.1 Å². The molecule has 29 heavy (non-hydrogen) atoms. The fourth-order valence-electron chi connectivity index (χ4n) is 3.19. The lowest BCUT2D eigenvalue weighted by Gasteiger charge is -2.22. The summed E-state index contributed by atoms with van der Waals surface area (Å²) in [6.07, 6.45) is 4.56. The molecule has 0 aliphatic carbocycles. The van der Waals surface area contributed by atoms with Crippen LogP contribution in [0.1, 0.15) is 17.2 Å². The maximum atomic E-state index is 14.2. The molecule has 1 N–H and O–H groups in total. The van der Waals surface area contributed by atoms with Gasteiger partial charge in [0.05, 0.1) is 18.7 Å². The van der Waals surface area contributed by atoms with Crippen molar-refractivity contribution in [2.45, 2.75) is 6.04 Å². The molecule has 0 bridgehead atoms. The molecule has 1 aromatic carbocycles. The van der Waals surface area contributed by atoms with Crippen molar-refractivity contribution in [2.24, 2.45) is 0 Å². The Morgan fingerprint density at radius 1 is 1.28 bits per heavy atom. The van der Waals surface area contributed by atoms with E-state index in [1.165, 1.54) is 47.9 Å². The number of aromatic nitrogens is 2. The Labute approximate surface area is 168 Å². The Morgan fingerprint density at radius 2 is 2.10 bits per heavy atom. The van der Waals surface area contributed by atoms with Crippen LogP contribution in [-0.4, -0.2) is 33.9 Å². The second-order valence-corrected chi connectivity index (χ2v) is 6.99. The van der Waals surface area contributed by atoms with Crippen LogP contribution in [0.4, 0.5) is 9.52 Å². The quantitative estimate of drug-likeness (QED) is 0.402. The van der Waals surface area contributed by atoms with Crippen LogP contribution in [0.15, 0.2) is 59.9 Å². The third-order valence-electron chi connectivity index (χ3n) is 4.50. The number of hydrogen-bond acceptors (Lipinski definition) is 7. The zero-order chi connectivity index (χ0) is 20.5. The highest BCUT2D eigenvalue weighted by Gasteiger charge is 2.48. The number of halogens is 1. The molecule has 7 nitrogen and oxygen atoms in total. The Kier molecular flexibility index (Phi) is 4.81. The fraction of sp³-hybridized carbons (Fsp3) is 0.100. The number of carbonyl (C=O) groups excluding carboxylic acids is 2. The molecule has 0 spiro atoms. The van der Waals surface area contributed by atoms with Crippen LogP contribution < -0.4 is 9.64 Å². The predicted molar refractivity (Wildman–Crippen MR) is 104 cm³/mol. The number of aliphatic hydroxyl groups is 1. The Bertz CT molecular complexity index is 1120. The average Bonchev–Trinajstić information content (AvgIpc) is 3.35. The second-order valence-electron chi connectivity index (χ2n) is 6.12. The molecule has 1 aliphatic rings. The molecule has 146 valence electrons. The average molecular weight is 411 g/mol. The Morgan fingerprint density at radius 3 is 2.72 bits per heavy atom. The Balaban J connectivity index is 1.92. The van der Waals surface area contributed by atoms with Gasteiger partial charge in [0.15, 0.2) is 16.7 Å². The van der Waals surface area contributed by atoms with Gasteiger partial charge in [-0.15, -0.1) is 11.3 Å². The summed E-state index contributed by atoms with van der Waals surface area (Å²) in [6, 6.07) is 6.19. The van der Waals surface area contributed by atoms with Crippen LogP contribution in [0, 0.1) is 5.82 Å². The minimum Gasteiger partial charge on any atom is -0.507 e. The monoisotopic (exact) mass is 411 g/mol. The fourth-order valence-corrected chi connectivity index (χ4v) is 3.85. The van der Waals surface area contributed by atoms with Gasteiger partial charge in [-0.2, -0.15) is 0 Å². The van der Waals surface area contributed by atoms with Crippen LogP contribution in [0.3, 0.4) is 0 Å². The third-order valence-corrected chi connectivity index (χ3v) is 5.27. The molecule has 2 aromatic heterocycles. The highest BCUT2D eigenvalue weighted by Crippen LogP contribution is 2.42. The lowest BCUT2D eigenvalue weighted by molar-refractivity contribution is -0.132. The van der Waals surface area contributed by atoms with Gasteiger partial charge in [-0.25, -0.2) is 9.37 Å². The molecule has 1 aliphatic heterocycles. The number of benzene rings is 1. The van der Waals surface area contributed by atoms with E-state index in [1.54, 1.807) is 23.7 Å². The number of nitrogens with zero attached hydrogens (tertiary/aromatic N) is 3. The van der Waals surface area contributed by atoms with Crippen molar-refractivity contribution in [3.63, 3.8) is 0 Å². The minimum atomic E-state index is -0.944. The van der Waals surface area contributed by atoms with Crippen LogP contribution in [0.25, 0.3) is 5.76 Å². The van der Waals surface area contributed by atoms with Crippen molar-refractivity contribution in [1.82, 2.24) is 9.97 Å². The van der Waals surface area contributed by atoms with Crippen molar-refractivity contribution in [3.8, 4) is 5.75 Å². The number of hydrogen-bond donors (Lipinski definition) is 1. The molecule has 1 unspecified atom stereocenters. The van der Waals surface area contributed by atoms with E-state index in [2.05, 4.69) is 9.97 Å². The molecule has 4 rings (SSSR count). The first kappa shape index (κ1) is 18.8. The van der Waals surface area contributed by atoms with Gasteiger partial charge in [-0.05, 0) is 29.8 Å². The largest absolute Gasteiger partial charge is 0.507 e. The van der Waals surface area contributed by atoms with Crippen LogP contribution in [-0.2, 0) is 9.59 Å². The van der Waals surface area contributed by atoms with E-state index < -0.39 is 29.3 Å². The molecule has 1 fully saturated rings. The number of pyridine rings is 1. The molecule has 1 atom stereocenters. The highest BCUT2D eigenvalue weighted by atomic mass is 32.1. The number of anilines is 1. The number of amides is 1. The zero-order valence-electron chi connectivity index (χ0n) is 15.1. The maximum Gasteiger partial charge on any atom is 0.301 e. The summed E-state index contributed by atoms with van der Waals surface area (Å²) >= 11 is 1.18. The van der Waals surface area contributed by atoms with Gasteiger partial charge in [0.1, 0.15) is 5.76 Å². The summed E-state index contributed by atoms with van der Waals surface area (Å²) in [5.41, 5.74) is 0.398. The van der Waals surface area contributed by atoms with Crippen LogP contribution >= 0.6 is 11.3 Å². The number of ketones is 1. The number of ether oxygens (including phenoxy) is 1. The van der Waals surface area contributed by atoms with Crippen molar-refractivity contribution >= 4 is 33.9 Å². The first-order valence-electron chi connectivity index (χ1n) is 8.47. The Hall–Kier alpha value is -3.59. The zero-order valence-corrected chi connectivity index (χ0v) is 15.9. The number of carbonyl (C=O) groups is 2. The van der Waals surface area contributed by atoms with E-state index in [4.69, 9.17) is 4.74 Å². The number of methoxy groups -OCH3 is 1. The maximum absolute atomic E-state index is 14.2. The predicted octanol–water partition coefficient (Wildman–Crippen LogP) is 3.31. The summed E-state index contributed by atoms with van der Waals surface area (Å²) in [4.78, 5) is 35.0. The van der Waals surface area contributed by atoms with E-state index in [1.807, 2.05) is 0 Å². The van der Waals surface area contributed by atoms with E-state index in [-0.39, 0.29) is 16.9 Å². The van der Waals surface area contributed by atoms with Crippen LogP contribution in [0.2, 0.25) is 0 Å². The van der Waals surface area contributed by atoms with Crippen molar-refractivity contribution in [2.75, 3.05) is 12.0 Å². The highest BCUT2D eigenvalue weighted by molar-refractivity contribution is 7.14. The summed E-state index contributed by atoms with van der Waals surface area (Å²) in [5.74, 6) is -2.91. The molecular formula is C20H14FN3O4S. The molecule has 0 radical (unpaired) electrons. The lowest BCUT2D eigenvalue weighted by atomic mass is 9.96. The third kappa shape index (κ3) is 3.15. The van der Waals surface area contributed by atoms with Gasteiger partial charge in [-0.1, -0.05) is 6.07 Å². The second kappa shape index (κ2) is 7.44. The molecular weight excluding hydrogens is 397 g/mol. The van der Waals surface area contributed by atoms with E-state index >= 15 is 0 Å². The van der Waals surface area contributed by atoms with Gasteiger partial charge < -0.3 is 9.84 Å². The number of aliphatic hydroxyl groups excluding tert-OH is 1. The first-order valence-corrected chi connectivity index (χ1v) is 9.35. The number of Topliss-reactive ketones (excluding diaryl/α,β-unsaturated/α-hetero) is 1. The van der Waals surface area contributed by atoms with Gasteiger partial charge in [-0.3, -0.25) is 19.5 Å². The van der Waals surface area contributed by atoms with Gasteiger partial charge in [0, 0.05) is 29.5 Å². The standard InChI is InChI=1S/C20H14FN3O4S/c1-28-14-5-4-11(9-13(14)21)17(25)15-16(12-3-2-6-22-10-12)24(19(27)18(15)26)20-23-7-8-29-20/h2-10,16,25H,1H3. The van der Waals surface area contributed by atoms with Crippen molar-refractivity contribution in [3.05, 3.63) is 76.8 Å². The van der Waals surface area contributed by atoms with Gasteiger partial charge >= 0.3 is 5.91 Å². The lowest BCUT2D eigenvalue weighted by Crippen LogP contribution is -2.29. The van der Waals surface area contributed by atoms with Gasteiger partial charge in [0.25, 0.3) is 5.78 Å². The summed E-state index contributed by atoms with van der Waals surface area (Å²) in [5, 5.41) is 12.9.